The molecule has 2 amide bonds. The van der Waals surface area contributed by atoms with Crippen LogP contribution >= 0.6 is 15.9 Å². The Labute approximate surface area is 283 Å². The van der Waals surface area contributed by atoms with Crippen LogP contribution in [0.15, 0.2) is 35.3 Å². The van der Waals surface area contributed by atoms with Crippen LogP contribution in [0, 0.1) is 25.1 Å². The van der Waals surface area contributed by atoms with Crippen molar-refractivity contribution in [3.05, 3.63) is 58.2 Å². The van der Waals surface area contributed by atoms with Gasteiger partial charge in [0.2, 0.25) is 11.8 Å². The number of carbonyl (C=O) groups excluding carboxylic acids is 3. The first-order chi connectivity index (χ1) is 22.9. The summed E-state index contributed by atoms with van der Waals surface area (Å²) in [5, 5.41) is 27.0. The van der Waals surface area contributed by atoms with Gasteiger partial charge in [0, 0.05) is 61.4 Å². The lowest BCUT2D eigenvalue weighted by Gasteiger charge is -2.27. The molecule has 1 saturated carbocycles. The number of nitrogens with zero attached hydrogens (tertiary/aromatic N) is 8. The highest BCUT2D eigenvalue weighted by Gasteiger charge is 2.67. The number of piperidine rings is 1. The molecule has 14 nitrogen and oxygen atoms in total. The molecule has 3 atom stereocenters. The largest absolute Gasteiger partial charge is 0.395 e. The number of pyridine rings is 2. The van der Waals surface area contributed by atoms with Crippen LogP contribution in [0.3, 0.4) is 0 Å². The Morgan fingerprint density at radius 1 is 1.08 bits per heavy atom. The number of ketones is 1. The summed E-state index contributed by atoms with van der Waals surface area (Å²) >= 11 is 3.07. The minimum absolute atomic E-state index is 0.0516. The monoisotopic (exact) mass is 723 g/mol. The molecule has 0 bridgehead atoms. The van der Waals surface area contributed by atoms with Gasteiger partial charge in [0.15, 0.2) is 11.6 Å². The summed E-state index contributed by atoms with van der Waals surface area (Å²) in [5.74, 6) is -0.930. The van der Waals surface area contributed by atoms with Gasteiger partial charge in [-0.1, -0.05) is 0 Å². The van der Waals surface area contributed by atoms with Gasteiger partial charge in [-0.05, 0) is 60.3 Å². The molecule has 1 saturated heterocycles. The van der Waals surface area contributed by atoms with E-state index in [-0.39, 0.29) is 53.6 Å². The normalized spacial score (nSPS) is 20.0. The van der Waals surface area contributed by atoms with Crippen molar-refractivity contribution in [2.45, 2.75) is 52.2 Å². The third kappa shape index (κ3) is 6.44. The number of amides is 2. The van der Waals surface area contributed by atoms with Gasteiger partial charge in [-0.2, -0.15) is 5.10 Å². The van der Waals surface area contributed by atoms with Gasteiger partial charge in [-0.3, -0.25) is 28.9 Å². The van der Waals surface area contributed by atoms with Gasteiger partial charge in [-0.25, -0.2) is 19.3 Å². The number of aromatic nitrogens is 6. The number of rotatable bonds is 12. The predicted molar refractivity (Wildman–Crippen MR) is 175 cm³/mol. The van der Waals surface area contributed by atoms with E-state index < -0.39 is 23.2 Å². The zero-order valence-corrected chi connectivity index (χ0v) is 28.2. The fourth-order valence-electron chi connectivity index (χ4n) is 6.67. The third-order valence-corrected chi connectivity index (χ3v) is 9.63. The molecule has 3 N–H and O–H groups in total. The Bertz CT molecular complexity index is 1900. The fourth-order valence-corrected chi connectivity index (χ4v) is 6.96. The van der Waals surface area contributed by atoms with Crippen LogP contribution in [0.1, 0.15) is 41.6 Å². The number of aliphatic hydroxyl groups excluding tert-OH is 2. The first kappa shape index (κ1) is 33.6. The first-order valence-electron chi connectivity index (χ1n) is 15.5. The molecule has 1 aliphatic heterocycles. The van der Waals surface area contributed by atoms with Gasteiger partial charge in [0.25, 0.3) is 0 Å². The maximum atomic E-state index is 14.2. The number of carbonyl (C=O) groups is 3. The second-order valence-corrected chi connectivity index (χ2v) is 13.2. The number of hydrogen-bond acceptors (Lipinski definition) is 11. The summed E-state index contributed by atoms with van der Waals surface area (Å²) in [4.78, 5) is 61.3. The van der Waals surface area contributed by atoms with E-state index in [9.17, 15) is 29.0 Å². The number of Topliss-reactive ketones (excluding diaryl/α,β-unsaturated/α-hetero) is 1. The van der Waals surface area contributed by atoms with Crippen molar-refractivity contribution in [2.24, 2.45) is 5.41 Å². The average Bonchev–Trinajstić information content (AvgIpc) is 3.44. The first-order valence-corrected chi connectivity index (χ1v) is 16.3. The molecule has 2 fully saturated rings. The van der Waals surface area contributed by atoms with Crippen molar-refractivity contribution in [1.82, 2.24) is 39.5 Å². The van der Waals surface area contributed by atoms with Crippen LogP contribution in [-0.4, -0.2) is 112 Å². The minimum Gasteiger partial charge on any atom is -0.395 e. The molecule has 1 aliphatic carbocycles. The second kappa shape index (κ2) is 13.3. The summed E-state index contributed by atoms with van der Waals surface area (Å²) in [5.41, 5.74) is 1.84. The highest BCUT2D eigenvalue weighted by atomic mass is 79.9. The van der Waals surface area contributed by atoms with Gasteiger partial charge < -0.3 is 20.4 Å². The van der Waals surface area contributed by atoms with Gasteiger partial charge in [0.05, 0.1) is 30.6 Å². The van der Waals surface area contributed by atoms with Crippen molar-refractivity contribution >= 4 is 50.2 Å². The molecule has 252 valence electrons. The molecule has 48 heavy (non-hydrogen) atoms. The Morgan fingerprint density at radius 3 is 2.46 bits per heavy atom. The SMILES string of the molecule is CC(=O)c1nn(CC(=O)N2C3C[C@]3(CN(CCO)CCO)C[C@H]2C(=O)Nc2nc(Br)c(F)cc2C)c2cnc(-c3cnc(C)nc3)cc12. The number of nitrogens with one attached hydrogen (secondary N) is 1. The molecule has 4 aromatic heterocycles. The van der Waals surface area contributed by atoms with Crippen molar-refractivity contribution in [3.63, 3.8) is 0 Å². The molecular formula is C32H35BrFN9O5. The molecule has 16 heteroatoms. The molecule has 4 aromatic rings. The molecule has 0 aromatic carbocycles. The summed E-state index contributed by atoms with van der Waals surface area (Å²) < 4.78 is 15.4. The van der Waals surface area contributed by atoms with Crippen molar-refractivity contribution in [2.75, 3.05) is 38.2 Å². The molecule has 5 heterocycles. The Balaban J connectivity index is 1.31. The van der Waals surface area contributed by atoms with E-state index in [2.05, 4.69) is 46.3 Å². The van der Waals surface area contributed by atoms with Gasteiger partial charge in [0.1, 0.15) is 34.5 Å². The third-order valence-electron chi connectivity index (χ3n) is 9.08. The van der Waals surface area contributed by atoms with Crippen molar-refractivity contribution < 1.29 is 29.0 Å². The van der Waals surface area contributed by atoms with Crippen LogP contribution in [0.2, 0.25) is 0 Å². The van der Waals surface area contributed by atoms with Crippen molar-refractivity contribution in [1.29, 1.82) is 0 Å². The maximum Gasteiger partial charge on any atom is 0.248 e. The molecule has 0 spiro atoms. The number of aryl methyl sites for hydroxylation is 2. The van der Waals surface area contributed by atoms with E-state index in [1.807, 2.05) is 4.90 Å². The number of halogens is 2. The average molecular weight is 725 g/mol. The number of fused-ring (bicyclic) bond motifs is 2. The van der Waals surface area contributed by atoms with E-state index in [4.69, 9.17) is 0 Å². The van der Waals surface area contributed by atoms with E-state index >= 15 is 0 Å². The molecule has 1 unspecified atom stereocenters. The lowest BCUT2D eigenvalue weighted by Crippen LogP contribution is -2.47. The molecule has 0 radical (unpaired) electrons. The number of hydrogen-bond donors (Lipinski definition) is 3. The number of likely N-dealkylation sites (tertiary alicyclic amines) is 1. The zero-order chi connectivity index (χ0) is 34.3. The van der Waals surface area contributed by atoms with Crippen LogP contribution in [0.4, 0.5) is 10.2 Å². The van der Waals surface area contributed by atoms with E-state index in [0.29, 0.717) is 66.0 Å². The van der Waals surface area contributed by atoms with Crippen LogP contribution < -0.4 is 5.32 Å². The van der Waals surface area contributed by atoms with E-state index in [0.717, 1.165) is 0 Å². The van der Waals surface area contributed by atoms with E-state index in [1.54, 1.807) is 43.4 Å². The van der Waals surface area contributed by atoms with Crippen LogP contribution in [0.25, 0.3) is 22.2 Å². The summed E-state index contributed by atoms with van der Waals surface area (Å²) in [6.07, 6.45) is 5.81. The topological polar surface area (TPSA) is 180 Å². The smallest absolute Gasteiger partial charge is 0.248 e. The highest BCUT2D eigenvalue weighted by molar-refractivity contribution is 9.10. The Morgan fingerprint density at radius 2 is 1.79 bits per heavy atom. The summed E-state index contributed by atoms with van der Waals surface area (Å²) in [6.45, 7) is 5.48. The van der Waals surface area contributed by atoms with E-state index in [1.165, 1.54) is 17.7 Å². The highest BCUT2D eigenvalue weighted by Crippen LogP contribution is 2.60. The molecule has 6 rings (SSSR count). The molecule has 2 aliphatic rings. The quantitative estimate of drug-likeness (QED) is 0.144. The summed E-state index contributed by atoms with van der Waals surface area (Å²) in [6, 6.07) is 1.81. The van der Waals surface area contributed by atoms with Crippen molar-refractivity contribution in [3.8, 4) is 11.3 Å². The second-order valence-electron chi connectivity index (χ2n) is 12.4. The Kier molecular flexibility index (Phi) is 9.35. The van der Waals surface area contributed by atoms with Gasteiger partial charge >= 0.3 is 0 Å². The summed E-state index contributed by atoms with van der Waals surface area (Å²) in [7, 11) is 0. The molecular weight excluding hydrogens is 689 g/mol. The zero-order valence-electron chi connectivity index (χ0n) is 26.7. The van der Waals surface area contributed by atoms with Crippen LogP contribution in [-0.2, 0) is 16.1 Å². The fraction of sp³-hybridized carbons (Fsp3) is 0.438. The van der Waals surface area contributed by atoms with Gasteiger partial charge in [-0.15, -0.1) is 0 Å². The maximum absolute atomic E-state index is 14.2. The lowest BCUT2D eigenvalue weighted by atomic mass is 9.98. The minimum atomic E-state index is -0.883. The number of anilines is 1. The lowest BCUT2D eigenvalue weighted by molar-refractivity contribution is -0.138. The van der Waals surface area contributed by atoms with Crippen LogP contribution in [0.5, 0.6) is 0 Å². The standard InChI is InChI=1S/C32H35BrFN9O5/c1-17-8-22(34)29(33)38-30(17)39-31(48)24-10-32(16-41(4-6-44)5-7-45)11-26(32)43(24)27(47)15-42-25-14-37-23(20-12-35-19(3)36-13-20)9-21(25)28(40-42)18(2)46/h8-9,12-14,24,26,44-45H,4-7,10-11,15-16H2,1-3H3,(H,38,39,48)/t24-,26?,32-/m0/s1. The number of aliphatic hydroxyl groups is 2. The predicted octanol–water partition coefficient (Wildman–Crippen LogP) is 2.29. The Hall–Kier alpha value is -4.25.